The maximum Gasteiger partial charge on any atom is 0.160 e. The van der Waals surface area contributed by atoms with Crippen LogP contribution in [0.2, 0.25) is 0 Å². The third-order valence-electron chi connectivity index (χ3n) is 7.73. The van der Waals surface area contributed by atoms with Gasteiger partial charge < -0.3 is 0 Å². The van der Waals surface area contributed by atoms with Crippen LogP contribution in [0.15, 0.2) is 146 Å². The van der Waals surface area contributed by atoms with E-state index in [2.05, 4.69) is 70.6 Å². The molecule has 4 aromatic heterocycles. The molecule has 0 unspecified atom stereocenters. The molecule has 0 N–H and O–H groups in total. The fourth-order valence-electron chi connectivity index (χ4n) is 5.49. The van der Waals surface area contributed by atoms with Crippen molar-refractivity contribution < 1.29 is 0 Å². The van der Waals surface area contributed by atoms with Gasteiger partial charge in [0.2, 0.25) is 0 Å². The van der Waals surface area contributed by atoms with Crippen LogP contribution in [-0.2, 0) is 0 Å². The van der Waals surface area contributed by atoms with Crippen molar-refractivity contribution in [2.75, 3.05) is 0 Å². The lowest BCUT2D eigenvalue weighted by molar-refractivity contribution is 1.21. The minimum atomic E-state index is 0.685. The van der Waals surface area contributed by atoms with Crippen LogP contribution in [0, 0.1) is 0 Å². The van der Waals surface area contributed by atoms with Gasteiger partial charge in [0.15, 0.2) is 11.6 Å². The summed E-state index contributed by atoms with van der Waals surface area (Å²) in [5.74, 6) is 1.37. The molecule has 6 nitrogen and oxygen atoms in total. The van der Waals surface area contributed by atoms with Crippen LogP contribution in [0.25, 0.3) is 78.2 Å². The third kappa shape index (κ3) is 4.74. The molecule has 4 heterocycles. The summed E-state index contributed by atoms with van der Waals surface area (Å²) < 4.78 is 0. The Morgan fingerprint density at radius 1 is 0.295 bits per heavy atom. The molecule has 4 aromatic carbocycles. The number of benzene rings is 4. The van der Waals surface area contributed by atoms with E-state index in [-0.39, 0.29) is 0 Å². The van der Waals surface area contributed by atoms with Gasteiger partial charge in [0.05, 0.1) is 22.4 Å². The molecule has 0 aliphatic heterocycles. The van der Waals surface area contributed by atoms with Crippen LogP contribution >= 0.6 is 0 Å². The Bertz CT molecular complexity index is 2090. The highest BCUT2D eigenvalue weighted by atomic mass is 14.9. The minimum Gasteiger partial charge on any atom is -0.265 e. The van der Waals surface area contributed by atoms with E-state index in [9.17, 15) is 0 Å². The number of hydrogen-bond acceptors (Lipinski definition) is 6. The van der Waals surface area contributed by atoms with Gasteiger partial charge in [-0.3, -0.25) is 9.97 Å². The molecule has 0 saturated heterocycles. The van der Waals surface area contributed by atoms with Crippen molar-refractivity contribution in [3.05, 3.63) is 146 Å². The predicted octanol–water partition coefficient (Wildman–Crippen LogP) is 8.70. The Morgan fingerprint density at radius 3 is 1.07 bits per heavy atom. The molecule has 0 aliphatic rings. The highest BCUT2D eigenvalue weighted by molar-refractivity contribution is 5.95. The average Bonchev–Trinajstić information content (AvgIpc) is 3.11. The monoisotopic (exact) mass is 564 g/mol. The van der Waals surface area contributed by atoms with Crippen molar-refractivity contribution in [3.8, 4) is 56.4 Å². The lowest BCUT2D eigenvalue weighted by Crippen LogP contribution is -1.95. The van der Waals surface area contributed by atoms with E-state index >= 15 is 0 Å². The number of aromatic nitrogens is 6. The van der Waals surface area contributed by atoms with Crippen molar-refractivity contribution in [1.82, 2.24) is 29.9 Å². The van der Waals surface area contributed by atoms with Crippen LogP contribution in [0.4, 0.5) is 0 Å². The van der Waals surface area contributed by atoms with E-state index in [0.717, 1.165) is 66.6 Å². The SMILES string of the molecule is c1ccc2c(-c3ccc(-c4ccc(-c5nc(-c6ccncc6)nc6ccccc56)cc4)cc3)nc(-c3ccncc3)nc2c1. The highest BCUT2D eigenvalue weighted by Gasteiger charge is 2.13. The normalized spacial score (nSPS) is 11.2. The zero-order chi connectivity index (χ0) is 29.3. The molecular weight excluding hydrogens is 540 g/mol. The Balaban J connectivity index is 1.15. The summed E-state index contributed by atoms with van der Waals surface area (Å²) in [6, 6.07) is 41.1. The fourth-order valence-corrected chi connectivity index (χ4v) is 5.49. The standard InChI is InChI=1S/C38H24N6/c1-3-7-33-31(5-1)35(43-37(41-33)29-17-21-39-22-18-29)27-13-9-25(10-14-27)26-11-15-28(16-12-26)36-32-6-2-4-8-34(32)42-38(44-36)30-19-23-40-24-20-30/h1-24H. The topological polar surface area (TPSA) is 77.3 Å². The van der Waals surface area contributed by atoms with Crippen LogP contribution in [0.5, 0.6) is 0 Å². The number of nitrogens with zero attached hydrogens (tertiary/aromatic N) is 6. The van der Waals surface area contributed by atoms with E-state index in [1.807, 2.05) is 60.7 Å². The number of rotatable bonds is 5. The highest BCUT2D eigenvalue weighted by Crippen LogP contribution is 2.33. The molecule has 8 rings (SSSR count). The maximum atomic E-state index is 4.99. The lowest BCUT2D eigenvalue weighted by Gasteiger charge is -2.11. The molecule has 8 aromatic rings. The molecule has 0 radical (unpaired) electrons. The zero-order valence-corrected chi connectivity index (χ0v) is 23.5. The molecule has 44 heavy (non-hydrogen) atoms. The number of pyridine rings is 2. The smallest absolute Gasteiger partial charge is 0.160 e. The van der Waals surface area contributed by atoms with Gasteiger partial charge in [-0.1, -0.05) is 84.9 Å². The molecule has 0 fully saturated rings. The van der Waals surface area contributed by atoms with Gasteiger partial charge in [-0.15, -0.1) is 0 Å². The first-order chi connectivity index (χ1) is 21.8. The second-order valence-corrected chi connectivity index (χ2v) is 10.5. The van der Waals surface area contributed by atoms with Crippen molar-refractivity contribution in [2.45, 2.75) is 0 Å². The first-order valence-corrected chi connectivity index (χ1v) is 14.4. The molecule has 0 atom stereocenters. The van der Waals surface area contributed by atoms with Crippen molar-refractivity contribution in [1.29, 1.82) is 0 Å². The number of fused-ring (bicyclic) bond motifs is 2. The van der Waals surface area contributed by atoms with Crippen molar-refractivity contribution in [3.63, 3.8) is 0 Å². The zero-order valence-electron chi connectivity index (χ0n) is 23.5. The van der Waals surface area contributed by atoms with E-state index in [1.54, 1.807) is 24.8 Å². The second-order valence-electron chi connectivity index (χ2n) is 10.5. The summed E-state index contributed by atoms with van der Waals surface area (Å²) in [6.45, 7) is 0. The molecule has 0 spiro atoms. The molecular formula is C38H24N6. The van der Waals surface area contributed by atoms with E-state index < -0.39 is 0 Å². The van der Waals surface area contributed by atoms with Crippen LogP contribution < -0.4 is 0 Å². The minimum absolute atomic E-state index is 0.685. The van der Waals surface area contributed by atoms with Gasteiger partial charge in [-0.25, -0.2) is 19.9 Å². The Labute approximate surface area is 253 Å². The summed E-state index contributed by atoms with van der Waals surface area (Å²) in [5, 5.41) is 2.04. The number of hydrogen-bond donors (Lipinski definition) is 0. The maximum absolute atomic E-state index is 4.99. The average molecular weight is 565 g/mol. The quantitative estimate of drug-likeness (QED) is 0.208. The largest absolute Gasteiger partial charge is 0.265 e. The van der Waals surface area contributed by atoms with Gasteiger partial charge >= 0.3 is 0 Å². The fraction of sp³-hybridized carbons (Fsp3) is 0. The molecule has 0 bridgehead atoms. The van der Waals surface area contributed by atoms with Gasteiger partial charge in [0.1, 0.15) is 0 Å². The Kier molecular flexibility index (Phi) is 6.35. The summed E-state index contributed by atoms with van der Waals surface area (Å²) in [5.41, 5.74) is 9.83. The molecule has 206 valence electrons. The lowest BCUT2D eigenvalue weighted by atomic mass is 9.98. The summed E-state index contributed by atoms with van der Waals surface area (Å²) in [4.78, 5) is 27.9. The van der Waals surface area contributed by atoms with Gasteiger partial charge in [0, 0.05) is 57.8 Å². The molecule has 0 amide bonds. The van der Waals surface area contributed by atoms with Gasteiger partial charge in [-0.05, 0) is 47.5 Å². The molecule has 0 aliphatic carbocycles. The van der Waals surface area contributed by atoms with E-state index in [0.29, 0.717) is 11.6 Å². The summed E-state index contributed by atoms with van der Waals surface area (Å²) >= 11 is 0. The van der Waals surface area contributed by atoms with Gasteiger partial charge in [-0.2, -0.15) is 0 Å². The third-order valence-corrected chi connectivity index (χ3v) is 7.73. The second kappa shape index (κ2) is 10.9. The van der Waals surface area contributed by atoms with Crippen LogP contribution in [0.3, 0.4) is 0 Å². The van der Waals surface area contributed by atoms with E-state index in [4.69, 9.17) is 19.9 Å². The molecule has 0 saturated carbocycles. The van der Waals surface area contributed by atoms with Crippen LogP contribution in [0.1, 0.15) is 0 Å². The van der Waals surface area contributed by atoms with Crippen LogP contribution in [-0.4, -0.2) is 29.9 Å². The predicted molar refractivity (Wildman–Crippen MR) is 175 cm³/mol. The van der Waals surface area contributed by atoms with Gasteiger partial charge in [0.25, 0.3) is 0 Å². The molecule has 6 heteroatoms. The summed E-state index contributed by atoms with van der Waals surface area (Å²) in [6.07, 6.45) is 7.06. The Hall–Kier alpha value is -6.14. The Morgan fingerprint density at radius 2 is 0.659 bits per heavy atom. The first kappa shape index (κ1) is 25.6. The number of para-hydroxylation sites is 2. The summed E-state index contributed by atoms with van der Waals surface area (Å²) in [7, 11) is 0. The first-order valence-electron chi connectivity index (χ1n) is 14.4. The van der Waals surface area contributed by atoms with Crippen molar-refractivity contribution in [2.24, 2.45) is 0 Å². The van der Waals surface area contributed by atoms with Crippen molar-refractivity contribution >= 4 is 21.8 Å². The van der Waals surface area contributed by atoms with E-state index in [1.165, 1.54) is 0 Å².